The molecule has 0 bridgehead atoms. The molecule has 3 rings (SSSR count). The van der Waals surface area contributed by atoms with Crippen LogP contribution in [0.4, 0.5) is 5.69 Å². The summed E-state index contributed by atoms with van der Waals surface area (Å²) in [5.41, 5.74) is 5.84. The van der Waals surface area contributed by atoms with Gasteiger partial charge in [0, 0.05) is 0 Å². The molecule has 2 amide bonds. The van der Waals surface area contributed by atoms with Crippen LogP contribution in [-0.4, -0.2) is 23.5 Å². The van der Waals surface area contributed by atoms with E-state index in [9.17, 15) is 14.7 Å². The Labute approximate surface area is 151 Å². The first-order chi connectivity index (χ1) is 12.4. The number of aromatic hydroxyl groups is 1. The molecule has 2 aromatic rings. The number of anilines is 1. The minimum Gasteiger partial charge on any atom is -0.504 e. The Kier molecular flexibility index (Phi) is 4.67. The van der Waals surface area contributed by atoms with Crippen LogP contribution in [0.3, 0.4) is 0 Å². The first kappa shape index (κ1) is 17.5. The lowest BCUT2D eigenvalue weighted by atomic mass is 10.1. The molecule has 2 aromatic carbocycles. The molecule has 0 saturated carbocycles. The van der Waals surface area contributed by atoms with Gasteiger partial charge in [0.05, 0.1) is 12.3 Å². The Morgan fingerprint density at radius 2 is 1.88 bits per heavy atom. The van der Waals surface area contributed by atoms with Crippen molar-refractivity contribution in [1.29, 1.82) is 0 Å². The Balaban J connectivity index is 1.90. The summed E-state index contributed by atoms with van der Waals surface area (Å²) in [7, 11) is 0. The monoisotopic (exact) mass is 352 g/mol. The van der Waals surface area contributed by atoms with E-state index in [4.69, 9.17) is 4.74 Å². The van der Waals surface area contributed by atoms with E-state index < -0.39 is 11.8 Å². The van der Waals surface area contributed by atoms with Gasteiger partial charge in [0.25, 0.3) is 11.8 Å². The fraction of sp³-hybridized carbons (Fsp3) is 0.200. The molecule has 0 radical (unpaired) electrons. The van der Waals surface area contributed by atoms with Crippen LogP contribution in [-0.2, 0) is 9.59 Å². The Morgan fingerprint density at radius 3 is 2.54 bits per heavy atom. The number of hydrazine groups is 1. The molecule has 26 heavy (non-hydrogen) atoms. The number of hydrogen-bond acceptors (Lipinski definition) is 4. The highest BCUT2D eigenvalue weighted by Gasteiger charge is 2.34. The molecular formula is C20H20N2O4. The zero-order chi connectivity index (χ0) is 18.8. The van der Waals surface area contributed by atoms with Crippen molar-refractivity contribution < 1.29 is 19.4 Å². The number of nitrogens with one attached hydrogen (secondary N) is 1. The van der Waals surface area contributed by atoms with Gasteiger partial charge >= 0.3 is 0 Å². The van der Waals surface area contributed by atoms with E-state index in [1.807, 2.05) is 32.9 Å². The molecule has 1 fully saturated rings. The van der Waals surface area contributed by atoms with Gasteiger partial charge in [-0.25, -0.2) is 5.01 Å². The standard InChI is InChI=1S/C20H20N2O4/c1-4-26-18-8-6-14(11-17(18)23)10-16-19(24)21-22(20(16)25)15-7-5-12(2)13(3)9-15/h5-11,23H,4H2,1-3H3,(H,21,24)/b16-10+. The lowest BCUT2D eigenvalue weighted by Crippen LogP contribution is -2.35. The third-order valence-electron chi connectivity index (χ3n) is 4.23. The molecule has 1 aliphatic rings. The largest absolute Gasteiger partial charge is 0.504 e. The first-order valence-corrected chi connectivity index (χ1v) is 8.31. The predicted octanol–water partition coefficient (Wildman–Crippen LogP) is 2.87. The summed E-state index contributed by atoms with van der Waals surface area (Å²) in [4.78, 5) is 24.9. The Bertz CT molecular complexity index is 918. The van der Waals surface area contributed by atoms with Crippen LogP contribution >= 0.6 is 0 Å². The topological polar surface area (TPSA) is 78.9 Å². The number of hydrogen-bond donors (Lipinski definition) is 2. The van der Waals surface area contributed by atoms with Crippen LogP contribution in [0.15, 0.2) is 42.0 Å². The van der Waals surface area contributed by atoms with E-state index in [-0.39, 0.29) is 11.3 Å². The summed E-state index contributed by atoms with van der Waals surface area (Å²) in [5.74, 6) is -0.611. The van der Waals surface area contributed by atoms with Crippen molar-refractivity contribution in [3.63, 3.8) is 0 Å². The number of benzene rings is 2. The van der Waals surface area contributed by atoms with Crippen molar-refractivity contribution in [3.8, 4) is 11.5 Å². The van der Waals surface area contributed by atoms with Gasteiger partial charge < -0.3 is 9.84 Å². The average molecular weight is 352 g/mol. The third kappa shape index (κ3) is 3.26. The molecule has 0 spiro atoms. The van der Waals surface area contributed by atoms with Gasteiger partial charge in [-0.2, -0.15) is 0 Å². The minimum atomic E-state index is -0.485. The van der Waals surface area contributed by atoms with E-state index in [0.717, 1.165) is 11.1 Å². The van der Waals surface area contributed by atoms with Gasteiger partial charge in [-0.1, -0.05) is 12.1 Å². The average Bonchev–Trinajstić information content (AvgIpc) is 2.88. The smallest absolute Gasteiger partial charge is 0.282 e. The third-order valence-corrected chi connectivity index (χ3v) is 4.23. The van der Waals surface area contributed by atoms with Gasteiger partial charge in [-0.05, 0) is 67.8 Å². The van der Waals surface area contributed by atoms with E-state index >= 15 is 0 Å². The minimum absolute atomic E-state index is 0.00629. The molecule has 0 atom stereocenters. The Hall–Kier alpha value is -3.28. The maximum absolute atomic E-state index is 12.7. The van der Waals surface area contributed by atoms with E-state index in [2.05, 4.69) is 5.43 Å². The second-order valence-corrected chi connectivity index (χ2v) is 6.07. The van der Waals surface area contributed by atoms with Gasteiger partial charge in [0.15, 0.2) is 11.5 Å². The normalized spacial score (nSPS) is 15.5. The molecule has 0 aromatic heterocycles. The second kappa shape index (κ2) is 6.92. The number of amides is 2. The number of carbonyl (C=O) groups is 2. The van der Waals surface area contributed by atoms with Crippen molar-refractivity contribution >= 4 is 23.6 Å². The number of rotatable bonds is 4. The molecule has 6 heteroatoms. The summed E-state index contributed by atoms with van der Waals surface area (Å²) >= 11 is 0. The van der Waals surface area contributed by atoms with Crippen LogP contribution in [0.25, 0.3) is 6.08 Å². The van der Waals surface area contributed by atoms with Gasteiger partial charge in [0.1, 0.15) is 5.57 Å². The van der Waals surface area contributed by atoms with Gasteiger partial charge in [-0.15, -0.1) is 0 Å². The number of phenolic OH excluding ortho intramolecular Hbond substituents is 1. The lowest BCUT2D eigenvalue weighted by molar-refractivity contribution is -0.117. The zero-order valence-electron chi connectivity index (χ0n) is 14.9. The summed E-state index contributed by atoms with van der Waals surface area (Å²) in [6.07, 6.45) is 1.45. The summed E-state index contributed by atoms with van der Waals surface area (Å²) < 4.78 is 5.27. The van der Waals surface area contributed by atoms with Crippen molar-refractivity contribution in [2.45, 2.75) is 20.8 Å². The predicted molar refractivity (Wildman–Crippen MR) is 98.8 cm³/mol. The van der Waals surface area contributed by atoms with E-state index in [0.29, 0.717) is 23.6 Å². The quantitative estimate of drug-likeness (QED) is 0.655. The number of aryl methyl sites for hydroxylation is 2. The molecule has 1 heterocycles. The molecule has 134 valence electrons. The van der Waals surface area contributed by atoms with Crippen LogP contribution in [0.5, 0.6) is 11.5 Å². The maximum atomic E-state index is 12.7. The molecule has 6 nitrogen and oxygen atoms in total. The molecule has 2 N–H and O–H groups in total. The van der Waals surface area contributed by atoms with Crippen LogP contribution in [0, 0.1) is 13.8 Å². The number of carbonyl (C=O) groups excluding carboxylic acids is 2. The maximum Gasteiger partial charge on any atom is 0.282 e. The number of nitrogens with zero attached hydrogens (tertiary/aromatic N) is 1. The Morgan fingerprint density at radius 1 is 1.12 bits per heavy atom. The molecule has 1 aliphatic heterocycles. The molecule has 0 unspecified atom stereocenters. The second-order valence-electron chi connectivity index (χ2n) is 6.07. The van der Waals surface area contributed by atoms with E-state index in [1.165, 1.54) is 17.2 Å². The lowest BCUT2D eigenvalue weighted by Gasteiger charge is -2.16. The highest BCUT2D eigenvalue weighted by Crippen LogP contribution is 2.29. The zero-order valence-corrected chi connectivity index (χ0v) is 14.9. The summed E-state index contributed by atoms with van der Waals surface area (Å²) in [5, 5.41) is 11.2. The van der Waals surface area contributed by atoms with Crippen molar-refractivity contribution in [1.82, 2.24) is 5.43 Å². The molecular weight excluding hydrogens is 332 g/mol. The number of ether oxygens (including phenoxy) is 1. The fourth-order valence-corrected chi connectivity index (χ4v) is 2.67. The van der Waals surface area contributed by atoms with Gasteiger partial charge in [0.2, 0.25) is 0 Å². The molecule has 1 saturated heterocycles. The van der Waals surface area contributed by atoms with E-state index in [1.54, 1.807) is 18.2 Å². The fourth-order valence-electron chi connectivity index (χ4n) is 2.67. The summed E-state index contributed by atoms with van der Waals surface area (Å²) in [6.45, 7) is 6.17. The molecule has 0 aliphatic carbocycles. The van der Waals surface area contributed by atoms with Gasteiger partial charge in [-0.3, -0.25) is 15.0 Å². The van der Waals surface area contributed by atoms with Crippen molar-refractivity contribution in [3.05, 3.63) is 58.7 Å². The highest BCUT2D eigenvalue weighted by atomic mass is 16.5. The van der Waals surface area contributed by atoms with Crippen molar-refractivity contribution in [2.75, 3.05) is 11.6 Å². The SMILES string of the molecule is CCOc1ccc(/C=C2\C(=O)NN(c3ccc(C)c(C)c3)C2=O)cc1O. The van der Waals surface area contributed by atoms with Crippen LogP contribution in [0.1, 0.15) is 23.6 Å². The number of phenols is 1. The highest BCUT2D eigenvalue weighted by molar-refractivity contribution is 6.31. The first-order valence-electron chi connectivity index (χ1n) is 8.31. The van der Waals surface area contributed by atoms with Crippen LogP contribution in [0.2, 0.25) is 0 Å². The van der Waals surface area contributed by atoms with Crippen LogP contribution < -0.4 is 15.2 Å². The summed E-state index contributed by atoms with van der Waals surface area (Å²) in [6, 6.07) is 10.3. The van der Waals surface area contributed by atoms with Crippen molar-refractivity contribution in [2.24, 2.45) is 0 Å².